The molecule has 5 rings (SSSR count). The van der Waals surface area contributed by atoms with E-state index in [2.05, 4.69) is 4.99 Å². The molecular weight excluding hydrogens is 464 g/mol. The third-order valence-corrected chi connectivity index (χ3v) is 6.91. The number of hydrogen-bond donors (Lipinski definition) is 0. The lowest BCUT2D eigenvalue weighted by molar-refractivity contribution is -0.141. The number of ether oxygens (including phenoxy) is 3. The molecule has 0 aliphatic carbocycles. The van der Waals surface area contributed by atoms with Crippen LogP contribution in [-0.2, 0) is 20.9 Å². The first-order chi connectivity index (χ1) is 17.1. The normalized spacial score (nSPS) is 13.3. The minimum Gasteiger partial charge on any atom is -0.486 e. The fraction of sp³-hybridized carbons (Fsp3) is 0.222. The molecule has 1 aromatic heterocycles. The van der Waals surface area contributed by atoms with E-state index in [0.29, 0.717) is 29.5 Å². The van der Waals surface area contributed by atoms with Gasteiger partial charge in [-0.3, -0.25) is 9.59 Å². The van der Waals surface area contributed by atoms with Crippen molar-refractivity contribution in [1.29, 1.82) is 0 Å². The molecule has 0 bridgehead atoms. The zero-order chi connectivity index (χ0) is 24.2. The van der Waals surface area contributed by atoms with Crippen molar-refractivity contribution in [3.63, 3.8) is 0 Å². The molecule has 0 N–H and O–H groups in total. The molecule has 8 heteroatoms. The molecular formula is C27H24N2O5S. The smallest absolute Gasteiger partial charge is 0.325 e. The Morgan fingerprint density at radius 3 is 2.17 bits per heavy atom. The second kappa shape index (κ2) is 10.1. The monoisotopic (exact) mass is 488 g/mol. The van der Waals surface area contributed by atoms with Crippen LogP contribution in [0.25, 0.3) is 10.2 Å². The summed E-state index contributed by atoms with van der Waals surface area (Å²) in [5.74, 6) is 0.406. The zero-order valence-corrected chi connectivity index (χ0v) is 20.0. The first kappa shape index (κ1) is 22.9. The van der Waals surface area contributed by atoms with Crippen LogP contribution in [0.2, 0.25) is 0 Å². The van der Waals surface area contributed by atoms with Gasteiger partial charge in [-0.25, -0.2) is 0 Å². The lowest BCUT2D eigenvalue weighted by Gasteiger charge is -2.18. The predicted molar refractivity (Wildman–Crippen MR) is 133 cm³/mol. The van der Waals surface area contributed by atoms with Crippen LogP contribution in [0.5, 0.6) is 11.5 Å². The SMILES string of the molecule is COC(=O)Cn1c(=NC(=O)CC(c2ccccc2)c2ccccc2)sc2cc3c(cc21)OCCO3. The summed E-state index contributed by atoms with van der Waals surface area (Å²) in [5, 5.41) is 0. The number of carbonyl (C=O) groups excluding carboxylic acids is 2. The number of carbonyl (C=O) groups is 2. The lowest BCUT2D eigenvalue weighted by Crippen LogP contribution is -2.23. The second-order valence-corrected chi connectivity index (χ2v) is 9.10. The molecule has 7 nitrogen and oxygen atoms in total. The highest BCUT2D eigenvalue weighted by Gasteiger charge is 2.20. The number of nitrogens with zero attached hydrogens (tertiary/aromatic N) is 2. The van der Waals surface area contributed by atoms with Crippen molar-refractivity contribution in [3.8, 4) is 11.5 Å². The molecule has 0 radical (unpaired) electrons. The van der Waals surface area contributed by atoms with Gasteiger partial charge in [0.05, 0.1) is 17.3 Å². The molecule has 0 spiro atoms. The number of amides is 1. The van der Waals surface area contributed by atoms with Crippen LogP contribution in [0.1, 0.15) is 23.5 Å². The number of hydrogen-bond acceptors (Lipinski definition) is 6. The topological polar surface area (TPSA) is 79.1 Å². The lowest BCUT2D eigenvalue weighted by atomic mass is 9.88. The van der Waals surface area contributed by atoms with Crippen LogP contribution in [0, 0.1) is 0 Å². The fourth-order valence-electron chi connectivity index (χ4n) is 4.16. The molecule has 1 aliphatic rings. The van der Waals surface area contributed by atoms with E-state index in [0.717, 1.165) is 21.3 Å². The van der Waals surface area contributed by atoms with E-state index in [1.54, 1.807) is 4.57 Å². The van der Waals surface area contributed by atoms with E-state index in [1.807, 2.05) is 72.8 Å². The molecule has 2 heterocycles. The summed E-state index contributed by atoms with van der Waals surface area (Å²) in [6, 6.07) is 23.5. The van der Waals surface area contributed by atoms with Crippen LogP contribution >= 0.6 is 11.3 Å². The van der Waals surface area contributed by atoms with Gasteiger partial charge in [0.2, 0.25) is 5.91 Å². The molecule has 0 unspecified atom stereocenters. The third kappa shape index (κ3) is 4.97. The Morgan fingerprint density at radius 1 is 0.971 bits per heavy atom. The summed E-state index contributed by atoms with van der Waals surface area (Å²) < 4.78 is 18.8. The van der Waals surface area contributed by atoms with Crippen molar-refractivity contribution in [2.45, 2.75) is 18.9 Å². The van der Waals surface area contributed by atoms with Gasteiger partial charge in [-0.2, -0.15) is 4.99 Å². The Kier molecular flexibility index (Phi) is 6.63. The van der Waals surface area contributed by atoms with Gasteiger partial charge in [-0.1, -0.05) is 72.0 Å². The van der Waals surface area contributed by atoms with E-state index < -0.39 is 5.97 Å². The minimum absolute atomic E-state index is 0.0664. The number of rotatable bonds is 6. The standard InChI is InChI=1S/C27H24N2O5S/c1-32-26(31)17-29-21-15-22-23(34-13-12-33-22)16-24(21)35-27(29)28-25(30)14-20(18-8-4-2-5-9-18)19-10-6-3-7-11-19/h2-11,15-16,20H,12-14,17H2,1H3. The molecule has 4 aromatic rings. The second-order valence-electron chi connectivity index (χ2n) is 8.09. The summed E-state index contributed by atoms with van der Waals surface area (Å²) in [5.41, 5.74) is 2.82. The van der Waals surface area contributed by atoms with E-state index in [1.165, 1.54) is 18.4 Å². The molecule has 1 amide bonds. The van der Waals surface area contributed by atoms with Crippen LogP contribution in [0.4, 0.5) is 0 Å². The summed E-state index contributed by atoms with van der Waals surface area (Å²) in [6.07, 6.45) is 0.198. The van der Waals surface area contributed by atoms with Crippen LogP contribution < -0.4 is 14.3 Å². The molecule has 0 fully saturated rings. The third-order valence-electron chi connectivity index (χ3n) is 5.86. The van der Waals surface area contributed by atoms with E-state index >= 15 is 0 Å². The van der Waals surface area contributed by atoms with Gasteiger partial charge in [0, 0.05) is 24.5 Å². The highest BCUT2D eigenvalue weighted by Crippen LogP contribution is 2.35. The number of methoxy groups -OCH3 is 1. The van der Waals surface area contributed by atoms with Gasteiger partial charge in [-0.05, 0) is 11.1 Å². The van der Waals surface area contributed by atoms with Crippen LogP contribution in [-0.4, -0.2) is 36.8 Å². The Balaban J connectivity index is 1.55. The first-order valence-corrected chi connectivity index (χ1v) is 12.1. The van der Waals surface area contributed by atoms with E-state index in [4.69, 9.17) is 14.2 Å². The van der Waals surface area contributed by atoms with Gasteiger partial charge in [0.25, 0.3) is 0 Å². The molecule has 1 aliphatic heterocycles. The van der Waals surface area contributed by atoms with Gasteiger partial charge in [0.15, 0.2) is 16.3 Å². The highest BCUT2D eigenvalue weighted by atomic mass is 32.1. The largest absolute Gasteiger partial charge is 0.486 e. The van der Waals surface area contributed by atoms with Crippen LogP contribution in [0.15, 0.2) is 77.8 Å². The maximum Gasteiger partial charge on any atom is 0.325 e. The van der Waals surface area contributed by atoms with Gasteiger partial charge >= 0.3 is 5.97 Å². The molecule has 0 atom stereocenters. The highest BCUT2D eigenvalue weighted by molar-refractivity contribution is 7.16. The molecule has 0 saturated carbocycles. The molecule has 178 valence electrons. The maximum atomic E-state index is 13.3. The average Bonchev–Trinajstić information content (AvgIpc) is 3.22. The summed E-state index contributed by atoms with van der Waals surface area (Å²) in [6.45, 7) is 0.862. The Labute approximate surface area is 206 Å². The van der Waals surface area contributed by atoms with Gasteiger partial charge in [0.1, 0.15) is 19.8 Å². The first-order valence-electron chi connectivity index (χ1n) is 11.3. The maximum absolute atomic E-state index is 13.3. The number of thiazole rings is 1. The van der Waals surface area contributed by atoms with E-state index in [9.17, 15) is 9.59 Å². The average molecular weight is 489 g/mol. The fourth-order valence-corrected chi connectivity index (χ4v) is 5.22. The van der Waals surface area contributed by atoms with E-state index in [-0.39, 0.29) is 24.8 Å². The van der Waals surface area contributed by atoms with Crippen molar-refractivity contribution in [3.05, 3.63) is 88.7 Å². The summed E-state index contributed by atoms with van der Waals surface area (Å²) in [7, 11) is 1.34. The van der Waals surface area contributed by atoms with Crippen LogP contribution in [0.3, 0.4) is 0 Å². The Morgan fingerprint density at radius 2 is 1.57 bits per heavy atom. The van der Waals surface area contributed by atoms with Gasteiger partial charge in [-0.15, -0.1) is 0 Å². The van der Waals surface area contributed by atoms with Crippen molar-refractivity contribution in [2.24, 2.45) is 4.99 Å². The van der Waals surface area contributed by atoms with Gasteiger partial charge < -0.3 is 18.8 Å². The minimum atomic E-state index is -0.431. The molecule has 0 saturated heterocycles. The van der Waals surface area contributed by atoms with Crippen molar-refractivity contribution in [1.82, 2.24) is 4.57 Å². The Bertz CT molecular complexity index is 1390. The quantitative estimate of drug-likeness (QED) is 0.378. The zero-order valence-electron chi connectivity index (χ0n) is 19.2. The molecule has 35 heavy (non-hydrogen) atoms. The number of benzene rings is 3. The summed E-state index contributed by atoms with van der Waals surface area (Å²) >= 11 is 1.33. The number of fused-ring (bicyclic) bond motifs is 2. The summed E-state index contributed by atoms with van der Waals surface area (Å²) in [4.78, 5) is 30.3. The van der Waals surface area contributed by atoms with Crippen molar-refractivity contribution >= 4 is 33.4 Å². The number of aromatic nitrogens is 1. The predicted octanol–water partition coefficient (Wildman–Crippen LogP) is 4.30. The van der Waals surface area contributed by atoms with Crippen molar-refractivity contribution < 1.29 is 23.8 Å². The number of esters is 1. The Hall–Kier alpha value is -3.91. The van der Waals surface area contributed by atoms with Crippen molar-refractivity contribution in [2.75, 3.05) is 20.3 Å². The molecule has 3 aromatic carbocycles.